The molecule has 0 unspecified atom stereocenters. The minimum atomic E-state index is -0.281. The number of carbonyl (C=O) groups is 2. The maximum atomic E-state index is 13.2. The summed E-state index contributed by atoms with van der Waals surface area (Å²) in [6, 6.07) is 0. The number of hydrogen-bond acceptors (Lipinski definition) is 2. The van der Waals surface area contributed by atoms with Crippen molar-refractivity contribution in [1.82, 2.24) is 9.80 Å². The molecule has 1 saturated carbocycles. The highest BCUT2D eigenvalue weighted by Gasteiger charge is 2.49. The summed E-state index contributed by atoms with van der Waals surface area (Å²) in [5.41, 5.74) is -0.281. The van der Waals surface area contributed by atoms with E-state index < -0.39 is 0 Å². The second-order valence-electron chi connectivity index (χ2n) is 8.03. The number of piperidine rings is 1. The lowest BCUT2D eigenvalue weighted by atomic mass is 9.77. The Morgan fingerprint density at radius 1 is 1.17 bits per heavy atom. The Hall–Kier alpha value is -1.32. The Labute approximate surface area is 146 Å². The molecule has 1 spiro atoms. The standard InChI is InChI=1S/C20H32N2O2/c1-2-3-10-18(23)22-14-12-20(16-22)11-7-13-21(19(20)24)15-17-8-5-4-6-9-17/h2,17H,1,3-16H2/t20-/m1/s1. The third-order valence-electron chi connectivity index (χ3n) is 6.30. The van der Waals surface area contributed by atoms with Gasteiger partial charge in [0.15, 0.2) is 0 Å². The molecule has 0 aromatic rings. The third-order valence-corrected chi connectivity index (χ3v) is 6.30. The fourth-order valence-electron chi connectivity index (χ4n) is 4.86. The Morgan fingerprint density at radius 2 is 1.96 bits per heavy atom. The summed E-state index contributed by atoms with van der Waals surface area (Å²) in [5.74, 6) is 1.21. The Bertz CT molecular complexity index is 484. The molecule has 4 nitrogen and oxygen atoms in total. The predicted molar refractivity (Wildman–Crippen MR) is 95.5 cm³/mol. The van der Waals surface area contributed by atoms with Gasteiger partial charge in [-0.3, -0.25) is 9.59 Å². The number of nitrogens with zero attached hydrogens (tertiary/aromatic N) is 2. The first-order valence-corrected chi connectivity index (χ1v) is 9.83. The van der Waals surface area contributed by atoms with E-state index in [4.69, 9.17) is 0 Å². The zero-order chi connectivity index (χ0) is 17.0. The van der Waals surface area contributed by atoms with Crippen LogP contribution in [-0.4, -0.2) is 47.8 Å². The molecule has 2 saturated heterocycles. The molecule has 0 radical (unpaired) electrons. The van der Waals surface area contributed by atoms with Gasteiger partial charge in [-0.15, -0.1) is 6.58 Å². The molecule has 0 aromatic heterocycles. The number of likely N-dealkylation sites (tertiary alicyclic amines) is 2. The van der Waals surface area contributed by atoms with E-state index in [1.807, 2.05) is 4.90 Å². The summed E-state index contributed by atoms with van der Waals surface area (Å²) in [6.07, 6.45) is 12.5. The molecular weight excluding hydrogens is 300 g/mol. The molecular formula is C20H32N2O2. The lowest BCUT2D eigenvalue weighted by molar-refractivity contribution is -0.147. The lowest BCUT2D eigenvalue weighted by Crippen LogP contribution is -2.51. The van der Waals surface area contributed by atoms with Crippen LogP contribution in [0.1, 0.15) is 64.2 Å². The van der Waals surface area contributed by atoms with Crippen LogP contribution in [0.3, 0.4) is 0 Å². The molecule has 2 heterocycles. The zero-order valence-corrected chi connectivity index (χ0v) is 15.0. The fraction of sp³-hybridized carbons (Fsp3) is 0.800. The van der Waals surface area contributed by atoms with Crippen LogP contribution < -0.4 is 0 Å². The number of rotatable bonds is 5. The average Bonchev–Trinajstić information content (AvgIpc) is 3.03. The molecule has 0 aromatic carbocycles. The first kappa shape index (κ1) is 17.5. The first-order valence-electron chi connectivity index (χ1n) is 9.83. The van der Waals surface area contributed by atoms with E-state index >= 15 is 0 Å². The van der Waals surface area contributed by atoms with Crippen LogP contribution in [-0.2, 0) is 9.59 Å². The molecule has 2 aliphatic heterocycles. The van der Waals surface area contributed by atoms with Crippen LogP contribution in [0.15, 0.2) is 12.7 Å². The highest BCUT2D eigenvalue weighted by molar-refractivity contribution is 5.86. The molecule has 3 aliphatic rings. The van der Waals surface area contributed by atoms with Gasteiger partial charge in [-0.25, -0.2) is 0 Å². The summed E-state index contributed by atoms with van der Waals surface area (Å²) in [4.78, 5) is 29.5. The molecule has 24 heavy (non-hydrogen) atoms. The van der Waals surface area contributed by atoms with Crippen molar-refractivity contribution in [3.63, 3.8) is 0 Å². The smallest absolute Gasteiger partial charge is 0.230 e. The zero-order valence-electron chi connectivity index (χ0n) is 15.0. The van der Waals surface area contributed by atoms with Gasteiger partial charge in [0.2, 0.25) is 11.8 Å². The van der Waals surface area contributed by atoms with Gasteiger partial charge in [0.05, 0.1) is 5.41 Å². The lowest BCUT2D eigenvalue weighted by Gasteiger charge is -2.41. The molecule has 3 fully saturated rings. The normalized spacial score (nSPS) is 28.6. The van der Waals surface area contributed by atoms with E-state index in [0.29, 0.717) is 24.8 Å². The van der Waals surface area contributed by atoms with Gasteiger partial charge in [0, 0.05) is 32.6 Å². The predicted octanol–water partition coefficient (Wildman–Crippen LogP) is 3.37. The van der Waals surface area contributed by atoms with Crippen molar-refractivity contribution in [3.05, 3.63) is 12.7 Å². The van der Waals surface area contributed by atoms with Crippen molar-refractivity contribution in [3.8, 4) is 0 Å². The molecule has 1 aliphatic carbocycles. The molecule has 1 atom stereocenters. The van der Waals surface area contributed by atoms with Gasteiger partial charge < -0.3 is 9.80 Å². The van der Waals surface area contributed by atoms with Gasteiger partial charge in [-0.2, -0.15) is 0 Å². The Balaban J connectivity index is 1.60. The van der Waals surface area contributed by atoms with Crippen LogP contribution >= 0.6 is 0 Å². The van der Waals surface area contributed by atoms with E-state index in [-0.39, 0.29) is 11.3 Å². The van der Waals surface area contributed by atoms with Crippen LogP contribution in [0, 0.1) is 11.3 Å². The first-order chi connectivity index (χ1) is 11.6. The van der Waals surface area contributed by atoms with E-state index in [0.717, 1.165) is 45.3 Å². The van der Waals surface area contributed by atoms with E-state index in [1.54, 1.807) is 6.08 Å². The topological polar surface area (TPSA) is 40.6 Å². The third kappa shape index (κ3) is 3.68. The van der Waals surface area contributed by atoms with Gasteiger partial charge in [-0.1, -0.05) is 25.3 Å². The number of amides is 2. The fourth-order valence-corrected chi connectivity index (χ4v) is 4.86. The summed E-state index contributed by atoms with van der Waals surface area (Å²) >= 11 is 0. The summed E-state index contributed by atoms with van der Waals surface area (Å²) in [5, 5.41) is 0. The minimum Gasteiger partial charge on any atom is -0.342 e. The van der Waals surface area contributed by atoms with Gasteiger partial charge in [0.25, 0.3) is 0 Å². The monoisotopic (exact) mass is 332 g/mol. The molecule has 0 N–H and O–H groups in total. The van der Waals surface area contributed by atoms with E-state index in [2.05, 4.69) is 11.5 Å². The summed E-state index contributed by atoms with van der Waals surface area (Å²) in [7, 11) is 0. The highest BCUT2D eigenvalue weighted by Crippen LogP contribution is 2.41. The number of carbonyl (C=O) groups excluding carboxylic acids is 2. The number of hydrogen-bond donors (Lipinski definition) is 0. The maximum Gasteiger partial charge on any atom is 0.230 e. The van der Waals surface area contributed by atoms with Crippen LogP contribution in [0.5, 0.6) is 0 Å². The molecule has 2 amide bonds. The summed E-state index contributed by atoms with van der Waals surface area (Å²) in [6.45, 7) is 6.95. The molecule has 134 valence electrons. The second-order valence-corrected chi connectivity index (χ2v) is 8.03. The van der Waals surface area contributed by atoms with Crippen LogP contribution in [0.25, 0.3) is 0 Å². The van der Waals surface area contributed by atoms with Crippen LogP contribution in [0.4, 0.5) is 0 Å². The average molecular weight is 332 g/mol. The van der Waals surface area contributed by atoms with Crippen molar-refractivity contribution < 1.29 is 9.59 Å². The largest absolute Gasteiger partial charge is 0.342 e. The maximum absolute atomic E-state index is 13.2. The quantitative estimate of drug-likeness (QED) is 0.724. The number of allylic oxidation sites excluding steroid dienone is 1. The molecule has 0 bridgehead atoms. The van der Waals surface area contributed by atoms with Crippen molar-refractivity contribution in [2.24, 2.45) is 11.3 Å². The Kier molecular flexibility index (Phi) is 5.62. The minimum absolute atomic E-state index is 0.184. The molecule has 4 heteroatoms. The van der Waals surface area contributed by atoms with Gasteiger partial charge in [0.1, 0.15) is 0 Å². The second kappa shape index (κ2) is 7.71. The highest BCUT2D eigenvalue weighted by atomic mass is 16.2. The van der Waals surface area contributed by atoms with Crippen LogP contribution in [0.2, 0.25) is 0 Å². The van der Waals surface area contributed by atoms with Gasteiger partial charge in [-0.05, 0) is 44.4 Å². The Morgan fingerprint density at radius 3 is 2.71 bits per heavy atom. The summed E-state index contributed by atoms with van der Waals surface area (Å²) < 4.78 is 0. The SMILES string of the molecule is C=CCCC(=O)N1CC[C@]2(CCCN(CC3CCCCC3)C2=O)C1. The molecule has 3 rings (SSSR count). The van der Waals surface area contributed by atoms with E-state index in [9.17, 15) is 9.59 Å². The van der Waals surface area contributed by atoms with Crippen molar-refractivity contribution in [1.29, 1.82) is 0 Å². The van der Waals surface area contributed by atoms with Crippen molar-refractivity contribution >= 4 is 11.8 Å². The van der Waals surface area contributed by atoms with Gasteiger partial charge >= 0.3 is 0 Å². The van der Waals surface area contributed by atoms with E-state index in [1.165, 1.54) is 32.1 Å². The van der Waals surface area contributed by atoms with Crippen molar-refractivity contribution in [2.45, 2.75) is 64.2 Å². The van der Waals surface area contributed by atoms with Crippen molar-refractivity contribution in [2.75, 3.05) is 26.2 Å².